The van der Waals surface area contributed by atoms with Crippen LogP contribution in [0.4, 0.5) is 0 Å². The normalized spacial score (nSPS) is 28.4. The Balaban J connectivity index is 2.33. The van der Waals surface area contributed by atoms with Crippen molar-refractivity contribution in [3.63, 3.8) is 0 Å². The van der Waals surface area contributed by atoms with E-state index in [1.807, 2.05) is 18.2 Å². The number of hydrogen-bond donors (Lipinski definition) is 0. The van der Waals surface area contributed by atoms with Crippen molar-refractivity contribution < 1.29 is 0 Å². The molecule has 19 heavy (non-hydrogen) atoms. The van der Waals surface area contributed by atoms with E-state index in [1.165, 1.54) is 24.8 Å². The first-order valence-electron chi connectivity index (χ1n) is 6.92. The van der Waals surface area contributed by atoms with E-state index in [-0.39, 0.29) is 5.41 Å². The van der Waals surface area contributed by atoms with Crippen LogP contribution in [-0.2, 0) is 5.41 Å². The van der Waals surface area contributed by atoms with Crippen molar-refractivity contribution in [1.29, 1.82) is 0 Å². The summed E-state index contributed by atoms with van der Waals surface area (Å²) in [5, 5.41) is 1.59. The zero-order chi connectivity index (χ0) is 14.2. The summed E-state index contributed by atoms with van der Waals surface area (Å²) in [7, 11) is 0. The molecule has 0 N–H and O–H groups in total. The first-order valence-corrected chi connectivity index (χ1v) is 8.59. The molecule has 106 valence electrons. The number of rotatable bonds is 2. The maximum atomic E-state index is 6.40. The molecular formula is C16H21BrCl2. The van der Waals surface area contributed by atoms with Gasteiger partial charge >= 0.3 is 0 Å². The van der Waals surface area contributed by atoms with Crippen molar-refractivity contribution in [2.45, 2.75) is 50.3 Å². The highest BCUT2D eigenvalue weighted by molar-refractivity contribution is 9.09. The van der Waals surface area contributed by atoms with Crippen molar-refractivity contribution >= 4 is 39.1 Å². The Morgan fingerprint density at radius 1 is 1.21 bits per heavy atom. The minimum atomic E-state index is 0.0380. The van der Waals surface area contributed by atoms with Crippen LogP contribution < -0.4 is 0 Å². The molecule has 0 amide bonds. The van der Waals surface area contributed by atoms with Crippen LogP contribution in [0.15, 0.2) is 18.2 Å². The Morgan fingerprint density at radius 2 is 1.89 bits per heavy atom. The molecule has 0 bridgehead atoms. The average molecular weight is 364 g/mol. The van der Waals surface area contributed by atoms with Gasteiger partial charge in [0.1, 0.15) is 0 Å². The maximum absolute atomic E-state index is 6.40. The van der Waals surface area contributed by atoms with Gasteiger partial charge in [-0.25, -0.2) is 0 Å². The highest BCUT2D eigenvalue weighted by atomic mass is 79.9. The maximum Gasteiger partial charge on any atom is 0.0444 e. The van der Waals surface area contributed by atoms with Gasteiger partial charge < -0.3 is 0 Å². The van der Waals surface area contributed by atoms with Gasteiger partial charge in [0.15, 0.2) is 0 Å². The van der Waals surface area contributed by atoms with Gasteiger partial charge in [-0.3, -0.25) is 0 Å². The summed E-state index contributed by atoms with van der Waals surface area (Å²) in [6.45, 7) is 6.92. The summed E-state index contributed by atoms with van der Waals surface area (Å²) in [4.78, 5) is 0.557. The first-order chi connectivity index (χ1) is 8.82. The van der Waals surface area contributed by atoms with Crippen LogP contribution in [0.1, 0.15) is 45.6 Å². The summed E-state index contributed by atoms with van der Waals surface area (Å²) >= 11 is 16.4. The van der Waals surface area contributed by atoms with Crippen molar-refractivity contribution in [2.75, 3.05) is 0 Å². The second-order valence-corrected chi connectivity index (χ2v) is 8.41. The third kappa shape index (κ3) is 3.31. The Morgan fingerprint density at radius 3 is 2.53 bits per heavy atom. The van der Waals surface area contributed by atoms with Crippen LogP contribution in [0.3, 0.4) is 0 Å². The van der Waals surface area contributed by atoms with Gasteiger partial charge in [0, 0.05) is 14.9 Å². The fourth-order valence-corrected chi connectivity index (χ4v) is 5.41. The van der Waals surface area contributed by atoms with Crippen molar-refractivity contribution in [2.24, 2.45) is 11.8 Å². The molecule has 1 fully saturated rings. The molecule has 0 spiro atoms. The molecule has 1 aromatic carbocycles. The highest BCUT2D eigenvalue weighted by Crippen LogP contribution is 2.47. The van der Waals surface area contributed by atoms with E-state index in [4.69, 9.17) is 23.2 Å². The van der Waals surface area contributed by atoms with Crippen LogP contribution in [0, 0.1) is 11.8 Å². The molecule has 3 heteroatoms. The summed E-state index contributed by atoms with van der Waals surface area (Å²) in [6.07, 6.45) is 3.79. The van der Waals surface area contributed by atoms with Gasteiger partial charge in [0.05, 0.1) is 0 Å². The first kappa shape index (κ1) is 15.7. The largest absolute Gasteiger partial charge is 0.0887 e. The second-order valence-electron chi connectivity index (χ2n) is 6.39. The molecule has 1 aliphatic rings. The van der Waals surface area contributed by atoms with Crippen molar-refractivity contribution in [1.82, 2.24) is 0 Å². The molecule has 3 unspecified atom stereocenters. The molecule has 0 saturated heterocycles. The topological polar surface area (TPSA) is 0 Å². The average Bonchev–Trinajstić information content (AvgIpc) is 2.31. The zero-order valence-electron chi connectivity index (χ0n) is 11.7. The number of alkyl halides is 1. The molecule has 1 aromatic rings. The third-order valence-electron chi connectivity index (χ3n) is 4.58. The van der Waals surface area contributed by atoms with E-state index in [9.17, 15) is 0 Å². The molecule has 0 aromatic heterocycles. The standard InChI is InChI=1S/C16H21BrCl2/c1-10-4-6-12(14(17)8-10)16(2,3)13-9-11(18)5-7-15(13)19/h5,7,9-10,12,14H,4,6,8H2,1-3H3. The second kappa shape index (κ2) is 5.95. The molecule has 0 aliphatic heterocycles. The number of halogens is 3. The van der Waals surface area contributed by atoms with E-state index in [0.29, 0.717) is 10.7 Å². The Kier molecular flexibility index (Phi) is 4.91. The van der Waals surface area contributed by atoms with Gasteiger partial charge in [-0.15, -0.1) is 0 Å². The minimum Gasteiger partial charge on any atom is -0.0887 e. The lowest BCUT2D eigenvalue weighted by molar-refractivity contribution is 0.214. The third-order valence-corrected chi connectivity index (χ3v) is 6.16. The van der Waals surface area contributed by atoms with Crippen LogP contribution in [0.2, 0.25) is 10.0 Å². The van der Waals surface area contributed by atoms with Crippen molar-refractivity contribution in [3.8, 4) is 0 Å². The predicted molar refractivity (Wildman–Crippen MR) is 88.7 cm³/mol. The summed E-state index contributed by atoms with van der Waals surface area (Å²) in [5.41, 5.74) is 1.21. The monoisotopic (exact) mass is 362 g/mol. The molecule has 0 heterocycles. The molecule has 0 nitrogen and oxygen atoms in total. The van der Waals surface area contributed by atoms with Gasteiger partial charge in [0.2, 0.25) is 0 Å². The summed E-state index contributed by atoms with van der Waals surface area (Å²) in [5.74, 6) is 1.41. The lowest BCUT2D eigenvalue weighted by Crippen LogP contribution is -2.38. The lowest BCUT2D eigenvalue weighted by Gasteiger charge is -2.42. The van der Waals surface area contributed by atoms with E-state index in [0.717, 1.165) is 16.0 Å². The fraction of sp³-hybridized carbons (Fsp3) is 0.625. The van der Waals surface area contributed by atoms with Crippen LogP contribution >= 0.6 is 39.1 Å². The van der Waals surface area contributed by atoms with Crippen LogP contribution in [-0.4, -0.2) is 4.83 Å². The smallest absolute Gasteiger partial charge is 0.0444 e. The Labute approximate surface area is 135 Å². The molecule has 2 rings (SSSR count). The van der Waals surface area contributed by atoms with Gasteiger partial charge in [-0.2, -0.15) is 0 Å². The molecule has 1 saturated carbocycles. The summed E-state index contributed by atoms with van der Waals surface area (Å²) < 4.78 is 0. The molecule has 3 atom stereocenters. The van der Waals surface area contributed by atoms with Gasteiger partial charge in [-0.1, -0.05) is 66.3 Å². The summed E-state index contributed by atoms with van der Waals surface area (Å²) in [6, 6.07) is 5.80. The lowest BCUT2D eigenvalue weighted by atomic mass is 9.66. The number of benzene rings is 1. The molecule has 1 aliphatic carbocycles. The number of hydrogen-bond acceptors (Lipinski definition) is 0. The Hall–Kier alpha value is 0.280. The quantitative estimate of drug-likeness (QED) is 0.528. The van der Waals surface area contributed by atoms with Gasteiger partial charge in [-0.05, 0) is 53.9 Å². The zero-order valence-corrected chi connectivity index (χ0v) is 14.8. The Bertz CT molecular complexity index is 456. The van der Waals surface area contributed by atoms with Crippen LogP contribution in [0.5, 0.6) is 0 Å². The minimum absolute atomic E-state index is 0.0380. The van der Waals surface area contributed by atoms with E-state index in [1.54, 1.807) is 0 Å². The van der Waals surface area contributed by atoms with E-state index in [2.05, 4.69) is 36.7 Å². The van der Waals surface area contributed by atoms with E-state index < -0.39 is 0 Å². The van der Waals surface area contributed by atoms with E-state index >= 15 is 0 Å². The fourth-order valence-electron chi connectivity index (χ4n) is 3.32. The van der Waals surface area contributed by atoms with Crippen molar-refractivity contribution in [3.05, 3.63) is 33.8 Å². The highest BCUT2D eigenvalue weighted by Gasteiger charge is 2.39. The van der Waals surface area contributed by atoms with Gasteiger partial charge in [0.25, 0.3) is 0 Å². The molecule has 0 radical (unpaired) electrons. The SMILES string of the molecule is CC1CCC(C(C)(C)c2cc(Cl)ccc2Cl)C(Br)C1. The van der Waals surface area contributed by atoms with Crippen LogP contribution in [0.25, 0.3) is 0 Å². The molecular weight excluding hydrogens is 343 g/mol. The predicted octanol–water partition coefficient (Wildman–Crippen LogP) is 6.47.